The molecule has 0 aliphatic carbocycles. The van der Waals surface area contributed by atoms with E-state index in [-0.39, 0.29) is 22.5 Å². The lowest BCUT2D eigenvalue weighted by molar-refractivity contribution is -0.137. The van der Waals surface area contributed by atoms with Gasteiger partial charge in [-0.15, -0.1) is 0 Å². The topological polar surface area (TPSA) is 102 Å². The first-order valence-electron chi connectivity index (χ1n) is 7.59. The third kappa shape index (κ3) is 4.10. The number of aromatic nitrogens is 1. The molecule has 2 rings (SSSR count). The first-order chi connectivity index (χ1) is 12.4. The summed E-state index contributed by atoms with van der Waals surface area (Å²) >= 11 is 0. The molecule has 0 atom stereocenters. The lowest BCUT2D eigenvalue weighted by atomic mass is 9.96. The SMILES string of the molecule is Cc1[nH]c(=O)c(C(=O)O)c(-c2cccc(C(F)(F)F)c2)c1NC(=O)N(C)C. The third-order valence-electron chi connectivity index (χ3n) is 3.73. The highest BCUT2D eigenvalue weighted by Crippen LogP contribution is 2.36. The van der Waals surface area contributed by atoms with Gasteiger partial charge in [-0.2, -0.15) is 13.2 Å². The van der Waals surface area contributed by atoms with Crippen LogP contribution in [0.5, 0.6) is 0 Å². The zero-order chi connectivity index (χ0) is 20.5. The number of H-pyrrole nitrogens is 1. The van der Waals surface area contributed by atoms with Gasteiger partial charge in [-0.05, 0) is 24.6 Å². The molecule has 1 heterocycles. The molecule has 0 fully saturated rings. The van der Waals surface area contributed by atoms with Crippen molar-refractivity contribution in [3.63, 3.8) is 0 Å². The number of amides is 2. The Balaban J connectivity index is 2.85. The van der Waals surface area contributed by atoms with E-state index in [9.17, 15) is 32.7 Å². The smallest absolute Gasteiger partial charge is 0.416 e. The van der Waals surface area contributed by atoms with E-state index in [1.807, 2.05) is 0 Å². The fraction of sp³-hybridized carbons (Fsp3) is 0.235. The Morgan fingerprint density at radius 3 is 2.37 bits per heavy atom. The summed E-state index contributed by atoms with van der Waals surface area (Å²) in [5.74, 6) is -1.64. The predicted octanol–water partition coefficient (Wildman–Crippen LogP) is 3.16. The van der Waals surface area contributed by atoms with Crippen molar-refractivity contribution in [3.8, 4) is 11.1 Å². The largest absolute Gasteiger partial charge is 0.477 e. The predicted molar refractivity (Wildman–Crippen MR) is 91.9 cm³/mol. The summed E-state index contributed by atoms with van der Waals surface area (Å²) in [6.45, 7) is 1.40. The number of carbonyl (C=O) groups is 2. The second-order valence-electron chi connectivity index (χ2n) is 5.91. The maximum absolute atomic E-state index is 13.1. The summed E-state index contributed by atoms with van der Waals surface area (Å²) in [5, 5.41) is 11.9. The molecule has 0 saturated carbocycles. The van der Waals surface area contributed by atoms with Gasteiger partial charge in [-0.25, -0.2) is 9.59 Å². The third-order valence-corrected chi connectivity index (χ3v) is 3.73. The molecular formula is C17H16F3N3O4. The summed E-state index contributed by atoms with van der Waals surface area (Å²) in [7, 11) is 2.86. The second kappa shape index (κ2) is 7.14. The number of aromatic carboxylic acids is 1. The van der Waals surface area contributed by atoms with Gasteiger partial charge in [0, 0.05) is 25.4 Å². The van der Waals surface area contributed by atoms with E-state index in [4.69, 9.17) is 0 Å². The monoisotopic (exact) mass is 383 g/mol. The molecule has 1 aromatic carbocycles. The van der Waals surface area contributed by atoms with E-state index in [0.717, 1.165) is 23.1 Å². The molecule has 7 nitrogen and oxygen atoms in total. The van der Waals surface area contributed by atoms with E-state index in [1.165, 1.54) is 27.1 Å². The van der Waals surface area contributed by atoms with Crippen molar-refractivity contribution in [1.82, 2.24) is 9.88 Å². The summed E-state index contributed by atoms with van der Waals surface area (Å²) in [5.41, 5.74) is -3.23. The van der Waals surface area contributed by atoms with Crippen LogP contribution in [-0.4, -0.2) is 41.1 Å². The van der Waals surface area contributed by atoms with Gasteiger partial charge in [0.2, 0.25) is 0 Å². The number of hydrogen-bond acceptors (Lipinski definition) is 3. The van der Waals surface area contributed by atoms with Gasteiger partial charge in [0.1, 0.15) is 5.56 Å². The first-order valence-corrected chi connectivity index (χ1v) is 7.59. The number of urea groups is 1. The van der Waals surface area contributed by atoms with E-state index in [2.05, 4.69) is 10.3 Å². The van der Waals surface area contributed by atoms with Gasteiger partial charge in [0.05, 0.1) is 11.3 Å². The standard InChI is InChI=1S/C17H16F3N3O4/c1-8-13(22-16(27)23(2)3)11(12(15(25)26)14(24)21-8)9-5-4-6-10(7-9)17(18,19)20/h4-7H,1-3H3,(H,21,24)(H,22,27)(H,25,26). The number of alkyl halides is 3. The Kier molecular flexibility index (Phi) is 5.29. The Morgan fingerprint density at radius 1 is 1.22 bits per heavy atom. The van der Waals surface area contributed by atoms with Crippen molar-refractivity contribution < 1.29 is 27.9 Å². The van der Waals surface area contributed by atoms with Gasteiger partial charge in [-0.3, -0.25) is 4.79 Å². The molecule has 0 radical (unpaired) electrons. The van der Waals surface area contributed by atoms with E-state index in [1.54, 1.807) is 0 Å². The molecule has 2 aromatic rings. The fourth-order valence-electron chi connectivity index (χ4n) is 2.44. The van der Waals surface area contributed by atoms with Crippen LogP contribution in [0, 0.1) is 6.92 Å². The summed E-state index contributed by atoms with van der Waals surface area (Å²) in [4.78, 5) is 39.2. The Morgan fingerprint density at radius 2 is 1.85 bits per heavy atom. The molecule has 27 heavy (non-hydrogen) atoms. The van der Waals surface area contributed by atoms with Crippen molar-refractivity contribution in [2.24, 2.45) is 0 Å². The normalized spacial score (nSPS) is 11.2. The van der Waals surface area contributed by atoms with E-state index < -0.39 is 34.9 Å². The number of carboxylic acids is 1. The Labute approximate surface area is 151 Å². The average Bonchev–Trinajstić information content (AvgIpc) is 2.55. The minimum atomic E-state index is -4.66. The van der Waals surface area contributed by atoms with Gasteiger partial charge in [-0.1, -0.05) is 12.1 Å². The van der Waals surface area contributed by atoms with Gasteiger partial charge in [0.25, 0.3) is 5.56 Å². The molecule has 0 saturated heterocycles. The van der Waals surface area contributed by atoms with Crippen LogP contribution in [-0.2, 0) is 6.18 Å². The van der Waals surface area contributed by atoms with Crippen molar-refractivity contribution in [2.75, 3.05) is 19.4 Å². The first kappa shape index (κ1) is 20.0. The van der Waals surface area contributed by atoms with Crippen molar-refractivity contribution in [3.05, 3.63) is 51.4 Å². The maximum Gasteiger partial charge on any atom is 0.416 e. The summed E-state index contributed by atoms with van der Waals surface area (Å²) in [6.07, 6.45) is -4.66. The number of hydrogen-bond donors (Lipinski definition) is 3. The number of carbonyl (C=O) groups excluding carboxylic acids is 1. The highest BCUT2D eigenvalue weighted by Gasteiger charge is 2.32. The van der Waals surface area contributed by atoms with Crippen LogP contribution in [0.3, 0.4) is 0 Å². The number of carboxylic acid groups (broad SMARTS) is 1. The number of halogens is 3. The maximum atomic E-state index is 13.1. The molecule has 0 aliphatic heterocycles. The Hall–Kier alpha value is -3.30. The zero-order valence-electron chi connectivity index (χ0n) is 14.6. The highest BCUT2D eigenvalue weighted by atomic mass is 19.4. The van der Waals surface area contributed by atoms with Crippen LogP contribution in [0.25, 0.3) is 11.1 Å². The van der Waals surface area contributed by atoms with Gasteiger partial charge >= 0.3 is 18.2 Å². The molecule has 0 spiro atoms. The minimum absolute atomic E-state index is 0.0926. The number of nitrogens with zero attached hydrogens (tertiary/aromatic N) is 1. The number of aryl methyl sites for hydroxylation is 1. The van der Waals surface area contributed by atoms with Crippen LogP contribution in [0.15, 0.2) is 29.1 Å². The van der Waals surface area contributed by atoms with Crippen LogP contribution in [0.2, 0.25) is 0 Å². The van der Waals surface area contributed by atoms with Crippen LogP contribution >= 0.6 is 0 Å². The molecule has 2 amide bonds. The molecule has 0 aliphatic rings. The number of anilines is 1. The molecule has 0 bridgehead atoms. The molecule has 1 aromatic heterocycles. The lowest BCUT2D eigenvalue weighted by Crippen LogP contribution is -2.30. The van der Waals surface area contributed by atoms with Crippen LogP contribution in [0.4, 0.5) is 23.7 Å². The number of rotatable bonds is 3. The quantitative estimate of drug-likeness (QED) is 0.758. The minimum Gasteiger partial charge on any atom is -0.477 e. The zero-order valence-corrected chi connectivity index (χ0v) is 14.6. The Bertz CT molecular complexity index is 965. The average molecular weight is 383 g/mol. The molecular weight excluding hydrogens is 367 g/mol. The van der Waals surface area contributed by atoms with Crippen molar-refractivity contribution >= 4 is 17.7 Å². The van der Waals surface area contributed by atoms with E-state index >= 15 is 0 Å². The number of benzene rings is 1. The lowest BCUT2D eigenvalue weighted by Gasteiger charge is -2.19. The number of pyridine rings is 1. The van der Waals surface area contributed by atoms with Crippen molar-refractivity contribution in [1.29, 1.82) is 0 Å². The summed E-state index contributed by atoms with van der Waals surface area (Å²) in [6, 6.07) is 3.24. The number of aromatic amines is 1. The van der Waals surface area contributed by atoms with Gasteiger partial charge in [0.15, 0.2) is 0 Å². The fourth-order valence-corrected chi connectivity index (χ4v) is 2.44. The number of nitrogens with one attached hydrogen (secondary N) is 2. The van der Waals surface area contributed by atoms with Gasteiger partial charge < -0.3 is 20.3 Å². The van der Waals surface area contributed by atoms with Crippen LogP contribution < -0.4 is 10.9 Å². The molecule has 0 unspecified atom stereocenters. The molecule has 144 valence electrons. The van der Waals surface area contributed by atoms with E-state index in [0.29, 0.717) is 0 Å². The van der Waals surface area contributed by atoms with Crippen molar-refractivity contribution in [2.45, 2.75) is 13.1 Å². The molecule has 10 heteroatoms. The molecule has 3 N–H and O–H groups in total. The van der Waals surface area contributed by atoms with Crippen LogP contribution in [0.1, 0.15) is 21.6 Å². The second-order valence-corrected chi connectivity index (χ2v) is 5.91. The highest BCUT2D eigenvalue weighted by molar-refractivity contribution is 6.03. The summed E-state index contributed by atoms with van der Waals surface area (Å²) < 4.78 is 39.2.